The van der Waals surface area contributed by atoms with Gasteiger partial charge in [-0.15, -0.1) is 0 Å². The first-order chi connectivity index (χ1) is 14.8. The molecule has 8 nitrogen and oxygen atoms in total. The van der Waals surface area contributed by atoms with E-state index in [1.54, 1.807) is 32.0 Å². The SMILES string of the molecule is CCOc1ccc(OCC)c(N2C(=O)NC(=O)/C(=C\c3cc(Br)cc(Br)c3O)C2=O)c1. The summed E-state index contributed by atoms with van der Waals surface area (Å²) >= 11 is 6.51. The Kier molecular flexibility index (Phi) is 7.01. The summed E-state index contributed by atoms with van der Waals surface area (Å²) < 4.78 is 12.0. The van der Waals surface area contributed by atoms with Crippen LogP contribution in [0.4, 0.5) is 10.5 Å². The molecule has 2 aromatic carbocycles. The van der Waals surface area contributed by atoms with Crippen molar-refractivity contribution in [3.8, 4) is 17.2 Å². The number of anilines is 1. The summed E-state index contributed by atoms with van der Waals surface area (Å²) in [5, 5.41) is 12.5. The monoisotopic (exact) mass is 552 g/mol. The van der Waals surface area contributed by atoms with Crippen molar-refractivity contribution in [3.63, 3.8) is 0 Å². The van der Waals surface area contributed by atoms with Gasteiger partial charge in [-0.3, -0.25) is 14.9 Å². The van der Waals surface area contributed by atoms with Crippen molar-refractivity contribution in [1.29, 1.82) is 0 Å². The lowest BCUT2D eigenvalue weighted by molar-refractivity contribution is -0.122. The zero-order valence-electron chi connectivity index (χ0n) is 16.6. The van der Waals surface area contributed by atoms with Gasteiger partial charge >= 0.3 is 6.03 Å². The second-order valence-electron chi connectivity index (χ2n) is 6.28. The topological polar surface area (TPSA) is 105 Å². The van der Waals surface area contributed by atoms with Crippen LogP contribution in [0.3, 0.4) is 0 Å². The molecule has 31 heavy (non-hydrogen) atoms. The van der Waals surface area contributed by atoms with E-state index in [2.05, 4.69) is 37.2 Å². The molecule has 0 radical (unpaired) electrons. The number of benzene rings is 2. The fourth-order valence-corrected chi connectivity index (χ4v) is 4.19. The number of amides is 4. The maximum absolute atomic E-state index is 13.2. The number of aromatic hydroxyl groups is 1. The Balaban J connectivity index is 2.11. The van der Waals surface area contributed by atoms with Crippen LogP contribution in [0.5, 0.6) is 17.2 Å². The van der Waals surface area contributed by atoms with Gasteiger partial charge in [0.25, 0.3) is 11.8 Å². The van der Waals surface area contributed by atoms with Gasteiger partial charge in [0.1, 0.15) is 22.8 Å². The molecule has 1 aliphatic rings. The van der Waals surface area contributed by atoms with Crippen molar-refractivity contribution in [2.75, 3.05) is 18.1 Å². The van der Waals surface area contributed by atoms with Gasteiger partial charge in [-0.25, -0.2) is 9.69 Å². The molecule has 0 atom stereocenters. The zero-order chi connectivity index (χ0) is 22.7. The molecule has 0 aliphatic carbocycles. The van der Waals surface area contributed by atoms with Gasteiger partial charge in [0.05, 0.1) is 23.4 Å². The summed E-state index contributed by atoms with van der Waals surface area (Å²) in [4.78, 5) is 39.1. The molecule has 0 bridgehead atoms. The number of hydrogen-bond donors (Lipinski definition) is 2. The molecule has 162 valence electrons. The second-order valence-corrected chi connectivity index (χ2v) is 8.05. The predicted molar refractivity (Wildman–Crippen MR) is 121 cm³/mol. The van der Waals surface area contributed by atoms with Crippen molar-refractivity contribution >= 4 is 61.5 Å². The number of nitrogens with zero attached hydrogens (tertiary/aromatic N) is 1. The number of carbonyl (C=O) groups excluding carboxylic acids is 3. The van der Waals surface area contributed by atoms with Crippen LogP contribution in [0.25, 0.3) is 6.08 Å². The number of barbiturate groups is 1. The molecule has 3 rings (SSSR count). The Labute approximate surface area is 195 Å². The van der Waals surface area contributed by atoms with Crippen LogP contribution in [0.2, 0.25) is 0 Å². The van der Waals surface area contributed by atoms with E-state index in [4.69, 9.17) is 9.47 Å². The van der Waals surface area contributed by atoms with Gasteiger partial charge < -0.3 is 14.6 Å². The second kappa shape index (κ2) is 9.52. The molecule has 10 heteroatoms. The van der Waals surface area contributed by atoms with Crippen molar-refractivity contribution in [3.05, 3.63) is 50.4 Å². The molecule has 4 amide bonds. The molecule has 1 heterocycles. The molecule has 0 spiro atoms. The lowest BCUT2D eigenvalue weighted by Gasteiger charge is -2.28. The number of nitrogens with one attached hydrogen (secondary N) is 1. The summed E-state index contributed by atoms with van der Waals surface area (Å²) in [6, 6.07) is 6.97. The number of phenolic OH excluding ortho intramolecular Hbond substituents is 1. The highest BCUT2D eigenvalue weighted by Crippen LogP contribution is 2.36. The van der Waals surface area contributed by atoms with E-state index < -0.39 is 17.8 Å². The van der Waals surface area contributed by atoms with Gasteiger partial charge in [-0.1, -0.05) is 15.9 Å². The maximum atomic E-state index is 13.2. The quantitative estimate of drug-likeness (QED) is 0.406. The highest BCUT2D eigenvalue weighted by molar-refractivity contribution is 9.11. The zero-order valence-corrected chi connectivity index (χ0v) is 19.7. The highest BCUT2D eigenvalue weighted by atomic mass is 79.9. The fourth-order valence-electron chi connectivity index (χ4n) is 2.93. The van der Waals surface area contributed by atoms with E-state index in [1.807, 2.05) is 0 Å². The average Bonchev–Trinajstić information content (AvgIpc) is 2.70. The minimum atomic E-state index is -0.915. The van der Waals surface area contributed by atoms with Gasteiger partial charge in [0.2, 0.25) is 0 Å². The van der Waals surface area contributed by atoms with E-state index in [-0.39, 0.29) is 28.3 Å². The number of carbonyl (C=O) groups is 3. The highest BCUT2D eigenvalue weighted by Gasteiger charge is 2.38. The molecule has 1 saturated heterocycles. The Morgan fingerprint density at radius 2 is 1.77 bits per heavy atom. The molecular weight excluding hydrogens is 536 g/mol. The van der Waals surface area contributed by atoms with Crippen molar-refractivity contribution < 1.29 is 29.0 Å². The number of rotatable bonds is 6. The molecule has 0 aromatic heterocycles. The molecule has 0 unspecified atom stereocenters. The first kappa shape index (κ1) is 22.8. The standard InChI is InChI=1S/C21H18Br2N2O6/c1-3-30-13-5-6-17(31-4-2)16(10-13)25-20(28)14(19(27)24-21(25)29)8-11-7-12(22)9-15(23)18(11)26/h5-10,26H,3-4H2,1-2H3,(H,24,27,29)/b14-8+. The number of hydrogen-bond acceptors (Lipinski definition) is 6. The first-order valence-corrected chi connectivity index (χ1v) is 10.8. The predicted octanol–water partition coefficient (Wildman–Crippen LogP) is 4.38. The Bertz CT molecular complexity index is 1100. The van der Waals surface area contributed by atoms with E-state index >= 15 is 0 Å². The molecule has 2 N–H and O–H groups in total. The summed E-state index contributed by atoms with van der Waals surface area (Å²) in [6.07, 6.45) is 1.22. The van der Waals surface area contributed by atoms with Gasteiger partial charge in [-0.05, 0) is 60.1 Å². The van der Waals surface area contributed by atoms with Crippen LogP contribution in [0, 0.1) is 0 Å². The molecule has 1 fully saturated rings. The van der Waals surface area contributed by atoms with Crippen molar-refractivity contribution in [2.24, 2.45) is 0 Å². The molecule has 1 aliphatic heterocycles. The minimum absolute atomic E-state index is 0.133. The van der Waals surface area contributed by atoms with Crippen LogP contribution in [0.15, 0.2) is 44.9 Å². The smallest absolute Gasteiger partial charge is 0.336 e. The van der Waals surface area contributed by atoms with Gasteiger partial charge in [0.15, 0.2) is 0 Å². The minimum Gasteiger partial charge on any atom is -0.506 e. The largest absolute Gasteiger partial charge is 0.506 e. The van der Waals surface area contributed by atoms with Crippen LogP contribution in [0.1, 0.15) is 19.4 Å². The van der Waals surface area contributed by atoms with E-state index in [0.29, 0.717) is 27.9 Å². The van der Waals surface area contributed by atoms with Gasteiger partial charge in [-0.2, -0.15) is 0 Å². The third-order valence-electron chi connectivity index (χ3n) is 4.24. The van der Waals surface area contributed by atoms with Crippen molar-refractivity contribution in [1.82, 2.24) is 5.32 Å². The number of phenols is 1. The molecular formula is C21H18Br2N2O6. The third-order valence-corrected chi connectivity index (χ3v) is 5.30. The van der Waals surface area contributed by atoms with Crippen LogP contribution >= 0.6 is 31.9 Å². The maximum Gasteiger partial charge on any atom is 0.336 e. The molecule has 2 aromatic rings. The van der Waals surface area contributed by atoms with Crippen LogP contribution in [-0.4, -0.2) is 36.2 Å². The van der Waals surface area contributed by atoms with E-state index in [9.17, 15) is 19.5 Å². The average molecular weight is 554 g/mol. The number of halogens is 2. The number of imide groups is 2. The summed E-state index contributed by atoms with van der Waals surface area (Å²) in [5.41, 5.74) is 0.0136. The first-order valence-electron chi connectivity index (χ1n) is 9.25. The number of ether oxygens (including phenoxy) is 2. The van der Waals surface area contributed by atoms with Crippen molar-refractivity contribution in [2.45, 2.75) is 13.8 Å². The van der Waals surface area contributed by atoms with Gasteiger partial charge in [0, 0.05) is 16.1 Å². The lowest BCUT2D eigenvalue weighted by Crippen LogP contribution is -2.54. The summed E-state index contributed by atoms with van der Waals surface area (Å²) in [6.45, 7) is 4.25. The normalized spacial score (nSPS) is 15.3. The Hall–Kier alpha value is -2.85. The van der Waals surface area contributed by atoms with E-state index in [0.717, 1.165) is 4.90 Å². The van der Waals surface area contributed by atoms with Crippen LogP contribution < -0.4 is 19.7 Å². The third kappa shape index (κ3) is 4.75. The summed E-state index contributed by atoms with van der Waals surface area (Å²) in [5.74, 6) is -1.19. The summed E-state index contributed by atoms with van der Waals surface area (Å²) in [7, 11) is 0. The van der Waals surface area contributed by atoms with E-state index in [1.165, 1.54) is 18.2 Å². The number of urea groups is 1. The Morgan fingerprint density at radius 1 is 1.06 bits per heavy atom. The Morgan fingerprint density at radius 3 is 2.45 bits per heavy atom. The fraction of sp³-hybridized carbons (Fsp3) is 0.190. The lowest BCUT2D eigenvalue weighted by atomic mass is 10.1. The molecule has 0 saturated carbocycles. The van der Waals surface area contributed by atoms with Crippen LogP contribution in [-0.2, 0) is 9.59 Å².